The van der Waals surface area contributed by atoms with Crippen LogP contribution in [0.25, 0.3) is 0 Å². The Morgan fingerprint density at radius 2 is 2.10 bits per heavy atom. The Labute approximate surface area is 130 Å². The number of halogens is 2. The van der Waals surface area contributed by atoms with Crippen LogP contribution >= 0.6 is 11.6 Å². The van der Waals surface area contributed by atoms with Crippen LogP contribution < -0.4 is 5.32 Å². The Hall–Kier alpha value is -1.32. The molecule has 1 heterocycles. The van der Waals surface area contributed by atoms with Gasteiger partial charge in [0.1, 0.15) is 5.82 Å². The molecule has 2 nitrogen and oxygen atoms in total. The van der Waals surface area contributed by atoms with E-state index in [0.717, 1.165) is 24.9 Å². The third-order valence-corrected chi connectivity index (χ3v) is 3.86. The zero-order valence-corrected chi connectivity index (χ0v) is 13.3. The lowest BCUT2D eigenvalue weighted by Gasteiger charge is -2.15. The minimum Gasteiger partial charge on any atom is -0.350 e. The zero-order chi connectivity index (χ0) is 15.2. The van der Waals surface area contributed by atoms with E-state index in [4.69, 9.17) is 11.6 Å². The van der Waals surface area contributed by atoms with Gasteiger partial charge in [0.15, 0.2) is 0 Å². The van der Waals surface area contributed by atoms with Crippen LogP contribution in [-0.4, -0.2) is 11.1 Å². The second-order valence-electron chi connectivity index (χ2n) is 5.28. The average Bonchev–Trinajstić information content (AvgIpc) is 2.92. The van der Waals surface area contributed by atoms with Crippen LogP contribution in [0, 0.1) is 5.82 Å². The molecule has 1 atom stereocenters. The Morgan fingerprint density at radius 3 is 2.76 bits per heavy atom. The Balaban J connectivity index is 2.06. The highest BCUT2D eigenvalue weighted by Gasteiger charge is 2.10. The third kappa shape index (κ3) is 4.32. The molecule has 2 aromatic rings. The number of hydrogen-bond acceptors (Lipinski definition) is 1. The van der Waals surface area contributed by atoms with Crippen molar-refractivity contribution in [3.8, 4) is 0 Å². The van der Waals surface area contributed by atoms with Gasteiger partial charge in [0.2, 0.25) is 0 Å². The minimum absolute atomic E-state index is 0.177. The number of benzene rings is 1. The van der Waals surface area contributed by atoms with E-state index >= 15 is 0 Å². The summed E-state index contributed by atoms with van der Waals surface area (Å²) in [5.74, 6) is -0.372. The molecule has 4 heteroatoms. The highest BCUT2D eigenvalue weighted by Crippen LogP contribution is 2.20. The zero-order valence-electron chi connectivity index (χ0n) is 12.6. The van der Waals surface area contributed by atoms with Crippen LogP contribution in [0.3, 0.4) is 0 Å². The van der Waals surface area contributed by atoms with Crippen molar-refractivity contribution in [2.75, 3.05) is 6.54 Å². The van der Waals surface area contributed by atoms with Gasteiger partial charge in [-0.2, -0.15) is 0 Å². The molecular weight excluding hydrogens is 287 g/mol. The van der Waals surface area contributed by atoms with Crippen LogP contribution in [0.1, 0.15) is 43.9 Å². The molecule has 0 amide bonds. The van der Waals surface area contributed by atoms with E-state index in [2.05, 4.69) is 42.2 Å². The van der Waals surface area contributed by atoms with Crippen molar-refractivity contribution >= 4 is 11.6 Å². The SMILES string of the molecule is CCCNC(CC)c1ccn(Cc2ccc(F)c(Cl)c2)c1. The summed E-state index contributed by atoms with van der Waals surface area (Å²) in [6.45, 7) is 6.08. The van der Waals surface area contributed by atoms with Crippen molar-refractivity contribution in [2.24, 2.45) is 0 Å². The Kier molecular flexibility index (Phi) is 5.83. The van der Waals surface area contributed by atoms with Crippen molar-refractivity contribution in [3.05, 3.63) is 58.6 Å². The van der Waals surface area contributed by atoms with Gasteiger partial charge in [-0.1, -0.05) is 31.5 Å². The molecular formula is C17H22ClFN2. The highest BCUT2D eigenvalue weighted by atomic mass is 35.5. The Bertz CT molecular complexity index is 580. The van der Waals surface area contributed by atoms with Crippen LogP contribution in [0.2, 0.25) is 5.02 Å². The maximum Gasteiger partial charge on any atom is 0.141 e. The summed E-state index contributed by atoms with van der Waals surface area (Å²) in [5.41, 5.74) is 2.29. The molecule has 0 saturated carbocycles. The standard InChI is InChI=1S/C17H22ClFN2/c1-3-8-20-17(4-2)14-7-9-21(12-14)11-13-5-6-16(19)15(18)10-13/h5-7,9-10,12,17,20H,3-4,8,11H2,1-2H3. The van der Waals surface area contributed by atoms with Gasteiger partial charge in [0.25, 0.3) is 0 Å². The summed E-state index contributed by atoms with van der Waals surface area (Å²) >= 11 is 5.82. The normalized spacial score (nSPS) is 12.6. The molecule has 2 rings (SSSR count). The predicted octanol–water partition coefficient (Wildman–Crippen LogP) is 4.78. The fourth-order valence-corrected chi connectivity index (χ4v) is 2.63. The summed E-state index contributed by atoms with van der Waals surface area (Å²) in [7, 11) is 0. The fraction of sp³-hybridized carbons (Fsp3) is 0.412. The quantitative estimate of drug-likeness (QED) is 0.779. The monoisotopic (exact) mass is 308 g/mol. The fourth-order valence-electron chi connectivity index (χ4n) is 2.43. The molecule has 114 valence electrons. The summed E-state index contributed by atoms with van der Waals surface area (Å²) in [5, 5.41) is 3.72. The molecule has 0 radical (unpaired) electrons. The van der Waals surface area contributed by atoms with Crippen molar-refractivity contribution < 1.29 is 4.39 Å². The second kappa shape index (κ2) is 7.62. The number of nitrogens with zero attached hydrogens (tertiary/aromatic N) is 1. The van der Waals surface area contributed by atoms with E-state index in [1.54, 1.807) is 12.1 Å². The topological polar surface area (TPSA) is 17.0 Å². The average molecular weight is 309 g/mol. The molecule has 21 heavy (non-hydrogen) atoms. The molecule has 0 aliphatic heterocycles. The third-order valence-electron chi connectivity index (χ3n) is 3.57. The van der Waals surface area contributed by atoms with Crippen LogP contribution in [0.5, 0.6) is 0 Å². The number of nitrogens with one attached hydrogen (secondary N) is 1. The van der Waals surface area contributed by atoms with Gasteiger partial charge in [-0.15, -0.1) is 0 Å². The lowest BCUT2D eigenvalue weighted by atomic mass is 10.1. The lowest BCUT2D eigenvalue weighted by molar-refractivity contribution is 0.517. The first-order valence-electron chi connectivity index (χ1n) is 7.47. The van der Waals surface area contributed by atoms with Crippen LogP contribution in [0.4, 0.5) is 4.39 Å². The molecule has 1 aromatic carbocycles. The molecule has 1 aromatic heterocycles. The molecule has 1 N–H and O–H groups in total. The number of rotatable bonds is 7. The summed E-state index contributed by atoms with van der Waals surface area (Å²) in [4.78, 5) is 0. The van der Waals surface area contributed by atoms with Crippen molar-refractivity contribution in [1.29, 1.82) is 0 Å². The van der Waals surface area contributed by atoms with Crippen LogP contribution in [-0.2, 0) is 6.54 Å². The highest BCUT2D eigenvalue weighted by molar-refractivity contribution is 6.30. The number of aromatic nitrogens is 1. The van der Waals surface area contributed by atoms with E-state index in [9.17, 15) is 4.39 Å². The van der Waals surface area contributed by atoms with E-state index in [-0.39, 0.29) is 10.8 Å². The summed E-state index contributed by atoms with van der Waals surface area (Å²) in [6.07, 6.45) is 6.40. The van der Waals surface area contributed by atoms with Gasteiger partial charge in [-0.05, 0) is 48.7 Å². The van der Waals surface area contributed by atoms with Gasteiger partial charge in [0.05, 0.1) is 5.02 Å². The predicted molar refractivity (Wildman–Crippen MR) is 86.3 cm³/mol. The van der Waals surface area contributed by atoms with Gasteiger partial charge in [-0.25, -0.2) is 4.39 Å². The molecule has 0 aliphatic carbocycles. The first kappa shape index (κ1) is 16.1. The first-order chi connectivity index (χ1) is 10.1. The van der Waals surface area contributed by atoms with E-state index in [0.29, 0.717) is 12.6 Å². The Morgan fingerprint density at radius 1 is 1.29 bits per heavy atom. The largest absolute Gasteiger partial charge is 0.350 e. The smallest absolute Gasteiger partial charge is 0.141 e. The maximum absolute atomic E-state index is 13.2. The summed E-state index contributed by atoms with van der Waals surface area (Å²) < 4.78 is 15.3. The maximum atomic E-state index is 13.2. The van der Waals surface area contributed by atoms with Crippen LogP contribution in [0.15, 0.2) is 36.7 Å². The van der Waals surface area contributed by atoms with E-state index in [1.807, 2.05) is 0 Å². The van der Waals surface area contributed by atoms with E-state index < -0.39 is 0 Å². The van der Waals surface area contributed by atoms with Crippen molar-refractivity contribution in [1.82, 2.24) is 9.88 Å². The molecule has 0 aliphatic rings. The molecule has 0 saturated heterocycles. The lowest BCUT2D eigenvalue weighted by Crippen LogP contribution is -2.21. The first-order valence-corrected chi connectivity index (χ1v) is 7.84. The molecule has 0 bridgehead atoms. The minimum atomic E-state index is -0.372. The molecule has 1 unspecified atom stereocenters. The molecule has 0 spiro atoms. The van der Waals surface area contributed by atoms with Gasteiger partial charge in [0, 0.05) is 25.0 Å². The van der Waals surface area contributed by atoms with E-state index in [1.165, 1.54) is 11.6 Å². The van der Waals surface area contributed by atoms with Crippen molar-refractivity contribution in [2.45, 2.75) is 39.3 Å². The molecule has 0 fully saturated rings. The summed E-state index contributed by atoms with van der Waals surface area (Å²) in [6, 6.07) is 7.40. The second-order valence-corrected chi connectivity index (χ2v) is 5.69. The van der Waals surface area contributed by atoms with Gasteiger partial charge in [-0.3, -0.25) is 0 Å². The van der Waals surface area contributed by atoms with Gasteiger partial charge >= 0.3 is 0 Å². The number of hydrogen-bond donors (Lipinski definition) is 1. The van der Waals surface area contributed by atoms with Crippen molar-refractivity contribution in [3.63, 3.8) is 0 Å². The van der Waals surface area contributed by atoms with Gasteiger partial charge < -0.3 is 9.88 Å².